The standard InChI is InChI=1S/C33H44N6O3/c1-4-15-39(16-5-1)17-6-18-41-30-10-9-27(22-31(30)42-24-25-12-19-40-20-13-25)37-33-34-14-11-32(38-33)36-28-21-26-7-2-3-8-29(26)35-23-28/h9-11,14,21-23,25H,1-8,12-13,15-20,24H2,(H2,34,36,37,38). The molecule has 1 aromatic carbocycles. The number of aryl methyl sites for hydroxylation is 2. The summed E-state index contributed by atoms with van der Waals surface area (Å²) in [6.07, 6.45) is 15.3. The number of likely N-dealkylation sites (tertiary alicyclic amines) is 1. The van der Waals surface area contributed by atoms with Crippen molar-refractivity contribution in [2.75, 3.05) is 56.7 Å². The molecule has 2 saturated heterocycles. The fourth-order valence-corrected chi connectivity index (χ4v) is 6.01. The van der Waals surface area contributed by atoms with Gasteiger partial charge in [0.05, 0.1) is 25.1 Å². The Morgan fingerprint density at radius 1 is 0.857 bits per heavy atom. The molecule has 42 heavy (non-hydrogen) atoms. The Morgan fingerprint density at radius 2 is 1.74 bits per heavy atom. The molecule has 224 valence electrons. The lowest BCUT2D eigenvalue weighted by molar-refractivity contribution is 0.0492. The first-order valence-corrected chi connectivity index (χ1v) is 15.8. The SMILES string of the molecule is c1cc(Nc2cnc3c(c2)CCCC3)nc(Nc2ccc(OCCCN3CCCCC3)c(OCC3CCOCC3)c2)n1. The number of nitrogens with zero attached hydrogens (tertiary/aromatic N) is 4. The van der Waals surface area contributed by atoms with Gasteiger partial charge >= 0.3 is 0 Å². The third kappa shape index (κ3) is 8.10. The number of aromatic nitrogens is 3. The first kappa shape index (κ1) is 28.7. The third-order valence-electron chi connectivity index (χ3n) is 8.44. The molecule has 2 aliphatic heterocycles. The van der Waals surface area contributed by atoms with E-state index in [1.165, 1.54) is 56.5 Å². The van der Waals surface area contributed by atoms with Gasteiger partial charge in [0.15, 0.2) is 11.5 Å². The highest BCUT2D eigenvalue weighted by Crippen LogP contribution is 2.33. The van der Waals surface area contributed by atoms with E-state index in [0.717, 1.165) is 80.6 Å². The smallest absolute Gasteiger partial charge is 0.229 e. The van der Waals surface area contributed by atoms with E-state index < -0.39 is 0 Å². The van der Waals surface area contributed by atoms with Crippen LogP contribution < -0.4 is 20.1 Å². The molecule has 0 radical (unpaired) electrons. The summed E-state index contributed by atoms with van der Waals surface area (Å²) in [5.74, 6) is 3.25. The van der Waals surface area contributed by atoms with Crippen LogP contribution in [0.15, 0.2) is 42.7 Å². The van der Waals surface area contributed by atoms with Crippen LogP contribution in [0, 0.1) is 5.92 Å². The van der Waals surface area contributed by atoms with Crippen LogP contribution in [0.5, 0.6) is 11.5 Å². The zero-order valence-corrected chi connectivity index (χ0v) is 24.7. The maximum absolute atomic E-state index is 6.36. The number of anilines is 4. The maximum atomic E-state index is 6.36. The Bertz CT molecular complexity index is 1290. The Labute approximate surface area is 249 Å². The number of hydrogen-bond donors (Lipinski definition) is 2. The number of piperidine rings is 1. The largest absolute Gasteiger partial charge is 0.490 e. The quantitative estimate of drug-likeness (QED) is 0.243. The molecule has 6 rings (SSSR count). The van der Waals surface area contributed by atoms with Crippen molar-refractivity contribution < 1.29 is 14.2 Å². The molecule has 3 aromatic rings. The van der Waals surface area contributed by atoms with E-state index in [-0.39, 0.29) is 0 Å². The highest BCUT2D eigenvalue weighted by Gasteiger charge is 2.17. The van der Waals surface area contributed by atoms with Crippen LogP contribution in [0.25, 0.3) is 0 Å². The van der Waals surface area contributed by atoms with Crippen molar-refractivity contribution in [3.63, 3.8) is 0 Å². The van der Waals surface area contributed by atoms with Crippen molar-refractivity contribution in [2.45, 2.75) is 64.2 Å². The van der Waals surface area contributed by atoms with Crippen LogP contribution in [0.3, 0.4) is 0 Å². The Morgan fingerprint density at radius 3 is 2.64 bits per heavy atom. The van der Waals surface area contributed by atoms with Gasteiger partial charge < -0.3 is 29.7 Å². The van der Waals surface area contributed by atoms with Gasteiger partial charge in [-0.2, -0.15) is 4.98 Å². The number of hydrogen-bond acceptors (Lipinski definition) is 9. The molecule has 0 unspecified atom stereocenters. The fourth-order valence-electron chi connectivity index (χ4n) is 6.01. The van der Waals surface area contributed by atoms with Gasteiger partial charge in [-0.1, -0.05) is 6.42 Å². The summed E-state index contributed by atoms with van der Waals surface area (Å²) < 4.78 is 18.1. The highest BCUT2D eigenvalue weighted by molar-refractivity contribution is 5.62. The van der Waals surface area contributed by atoms with Gasteiger partial charge in [-0.15, -0.1) is 0 Å². The summed E-state index contributed by atoms with van der Waals surface area (Å²) in [6.45, 7) is 6.44. The molecule has 0 atom stereocenters. The zero-order valence-electron chi connectivity index (χ0n) is 24.7. The van der Waals surface area contributed by atoms with Crippen molar-refractivity contribution in [3.05, 3.63) is 54.0 Å². The monoisotopic (exact) mass is 572 g/mol. The third-order valence-corrected chi connectivity index (χ3v) is 8.44. The van der Waals surface area contributed by atoms with E-state index >= 15 is 0 Å². The van der Waals surface area contributed by atoms with Crippen molar-refractivity contribution in [3.8, 4) is 11.5 Å². The average molecular weight is 573 g/mol. The predicted molar refractivity (Wildman–Crippen MR) is 165 cm³/mol. The van der Waals surface area contributed by atoms with Crippen molar-refractivity contribution in [2.24, 2.45) is 5.92 Å². The van der Waals surface area contributed by atoms with Gasteiger partial charge in [-0.05, 0) is 107 Å². The van der Waals surface area contributed by atoms with E-state index in [0.29, 0.717) is 25.1 Å². The molecule has 9 heteroatoms. The molecule has 2 N–H and O–H groups in total. The molecule has 0 spiro atoms. The van der Waals surface area contributed by atoms with Crippen LogP contribution in [0.2, 0.25) is 0 Å². The second-order valence-electron chi connectivity index (χ2n) is 11.7. The van der Waals surface area contributed by atoms with Crippen LogP contribution in [-0.2, 0) is 17.6 Å². The van der Waals surface area contributed by atoms with Crippen LogP contribution in [0.4, 0.5) is 23.1 Å². The van der Waals surface area contributed by atoms with Crippen molar-refractivity contribution >= 4 is 23.1 Å². The Balaban J connectivity index is 1.10. The lowest BCUT2D eigenvalue weighted by atomic mass is 9.96. The topological polar surface area (TPSA) is 93.7 Å². The van der Waals surface area contributed by atoms with Crippen molar-refractivity contribution in [1.29, 1.82) is 0 Å². The first-order valence-electron chi connectivity index (χ1n) is 15.8. The van der Waals surface area contributed by atoms with Crippen LogP contribution in [0.1, 0.15) is 62.6 Å². The average Bonchev–Trinajstić information content (AvgIpc) is 3.04. The second-order valence-corrected chi connectivity index (χ2v) is 11.7. The maximum Gasteiger partial charge on any atom is 0.229 e. The minimum Gasteiger partial charge on any atom is -0.490 e. The zero-order chi connectivity index (χ0) is 28.4. The van der Waals surface area contributed by atoms with E-state index in [1.54, 1.807) is 6.20 Å². The lowest BCUT2D eigenvalue weighted by Crippen LogP contribution is -2.31. The molecule has 0 saturated carbocycles. The minimum absolute atomic E-state index is 0.492. The number of ether oxygens (including phenoxy) is 3. The van der Waals surface area contributed by atoms with Gasteiger partial charge in [0.25, 0.3) is 0 Å². The molecule has 0 bridgehead atoms. The summed E-state index contributed by atoms with van der Waals surface area (Å²) in [4.78, 5) is 16.4. The fraction of sp³-hybridized carbons (Fsp3) is 0.545. The Kier molecular flexibility index (Phi) is 10.0. The number of rotatable bonds is 12. The molecule has 4 heterocycles. The molecule has 0 amide bonds. The van der Waals surface area contributed by atoms with E-state index in [1.807, 2.05) is 30.5 Å². The molecule has 3 aliphatic rings. The predicted octanol–water partition coefficient (Wildman–Crippen LogP) is 6.30. The lowest BCUT2D eigenvalue weighted by Gasteiger charge is -2.26. The molecule has 9 nitrogen and oxygen atoms in total. The summed E-state index contributed by atoms with van der Waals surface area (Å²) in [5.41, 5.74) is 4.36. The number of benzene rings is 1. The molecule has 2 fully saturated rings. The van der Waals surface area contributed by atoms with Gasteiger partial charge in [0, 0.05) is 43.4 Å². The van der Waals surface area contributed by atoms with E-state index in [2.05, 4.69) is 31.6 Å². The first-order chi connectivity index (χ1) is 20.8. The number of pyridine rings is 1. The molecular weight excluding hydrogens is 528 g/mol. The molecule has 1 aliphatic carbocycles. The van der Waals surface area contributed by atoms with Gasteiger partial charge in [-0.25, -0.2) is 4.98 Å². The number of nitrogens with one attached hydrogen (secondary N) is 2. The van der Waals surface area contributed by atoms with Crippen molar-refractivity contribution in [1.82, 2.24) is 19.9 Å². The van der Waals surface area contributed by atoms with Crippen LogP contribution in [-0.4, -0.2) is 65.9 Å². The van der Waals surface area contributed by atoms with Crippen LogP contribution >= 0.6 is 0 Å². The van der Waals surface area contributed by atoms with Gasteiger partial charge in [-0.3, -0.25) is 4.98 Å². The summed E-state index contributed by atoms with van der Waals surface area (Å²) in [7, 11) is 0. The summed E-state index contributed by atoms with van der Waals surface area (Å²) >= 11 is 0. The second kappa shape index (κ2) is 14.6. The van der Waals surface area contributed by atoms with Gasteiger partial charge in [0.2, 0.25) is 5.95 Å². The number of fused-ring (bicyclic) bond motifs is 1. The summed E-state index contributed by atoms with van der Waals surface area (Å²) in [5, 5.41) is 6.75. The molecule has 2 aromatic heterocycles. The Hall–Kier alpha value is -3.43. The summed E-state index contributed by atoms with van der Waals surface area (Å²) in [6, 6.07) is 10.1. The van der Waals surface area contributed by atoms with E-state index in [9.17, 15) is 0 Å². The van der Waals surface area contributed by atoms with Gasteiger partial charge in [0.1, 0.15) is 5.82 Å². The molecular formula is C33H44N6O3. The normalized spacial score (nSPS) is 17.8. The highest BCUT2D eigenvalue weighted by atomic mass is 16.5. The van der Waals surface area contributed by atoms with E-state index in [4.69, 9.17) is 19.2 Å². The minimum atomic E-state index is 0.492.